The molecule has 0 saturated carbocycles. The monoisotopic (exact) mass is 280 g/mol. The van der Waals surface area contributed by atoms with Crippen LogP contribution in [0.3, 0.4) is 0 Å². The van der Waals surface area contributed by atoms with E-state index >= 15 is 0 Å². The summed E-state index contributed by atoms with van der Waals surface area (Å²) in [7, 11) is -4.87. The van der Waals surface area contributed by atoms with Crippen LogP contribution in [0.4, 0.5) is 8.78 Å². The average molecular weight is 280 g/mol. The van der Waals surface area contributed by atoms with Crippen molar-refractivity contribution < 1.29 is 31.6 Å². The van der Waals surface area contributed by atoms with Gasteiger partial charge in [-0.2, -0.15) is 12.8 Å². The Bertz CT molecular complexity index is 582. The Balaban J connectivity index is 3.21. The van der Waals surface area contributed by atoms with Crippen LogP contribution in [0.1, 0.15) is 6.92 Å². The van der Waals surface area contributed by atoms with Crippen LogP contribution >= 0.6 is 0 Å². The number of benzene rings is 1. The average Bonchev–Trinajstić information content (AvgIpc) is 2.22. The van der Waals surface area contributed by atoms with Crippen molar-refractivity contribution in [3.63, 3.8) is 0 Å². The fourth-order valence-corrected chi connectivity index (χ4v) is 1.58. The molecule has 0 radical (unpaired) electrons. The number of aliphatic hydroxyl groups excluding tert-OH is 1. The van der Waals surface area contributed by atoms with Crippen LogP contribution in [-0.2, 0) is 10.1 Å². The Morgan fingerprint density at radius 3 is 2.39 bits per heavy atom. The molecule has 0 fully saturated rings. The molecule has 2 N–H and O–H groups in total. The molecule has 1 atom stereocenters. The third-order valence-electron chi connectivity index (χ3n) is 1.95. The molecule has 0 amide bonds. The van der Waals surface area contributed by atoms with Gasteiger partial charge < -0.3 is 9.84 Å². The number of aliphatic hydroxyl groups is 1. The maximum atomic E-state index is 13.4. The maximum Gasteiger partial charge on any atom is 0.297 e. The Labute approximate surface area is 102 Å². The second-order valence-corrected chi connectivity index (χ2v) is 4.87. The first kappa shape index (κ1) is 14.6. The van der Waals surface area contributed by atoms with E-state index < -0.39 is 38.7 Å². The minimum absolute atomic E-state index is 0.147. The van der Waals surface area contributed by atoms with Gasteiger partial charge in [-0.15, -0.1) is 0 Å². The van der Waals surface area contributed by atoms with Crippen LogP contribution in [0.2, 0.25) is 0 Å². The zero-order chi connectivity index (χ0) is 14.1. The van der Waals surface area contributed by atoms with E-state index in [1.54, 1.807) is 0 Å². The Morgan fingerprint density at radius 2 is 1.94 bits per heavy atom. The molecule has 8 heteroatoms. The molecule has 0 aliphatic rings. The summed E-state index contributed by atoms with van der Waals surface area (Å²) in [5.74, 6) is -4.12. The number of rotatable bonds is 4. The van der Waals surface area contributed by atoms with Crippen molar-refractivity contribution in [2.45, 2.75) is 18.1 Å². The first-order chi connectivity index (χ1) is 8.14. The van der Waals surface area contributed by atoms with Crippen LogP contribution < -0.4 is 4.74 Å². The molecule has 1 rings (SSSR count). The van der Waals surface area contributed by atoms with Crippen LogP contribution in [0, 0.1) is 11.6 Å². The van der Waals surface area contributed by atoms with Gasteiger partial charge in [0.1, 0.15) is 4.90 Å². The van der Waals surface area contributed by atoms with Gasteiger partial charge in [0.2, 0.25) is 12.1 Å². The van der Waals surface area contributed by atoms with E-state index in [9.17, 15) is 22.3 Å². The van der Waals surface area contributed by atoms with Crippen molar-refractivity contribution >= 4 is 10.1 Å². The van der Waals surface area contributed by atoms with E-state index in [0.29, 0.717) is 6.07 Å². The van der Waals surface area contributed by atoms with E-state index in [-0.39, 0.29) is 5.57 Å². The van der Waals surface area contributed by atoms with Gasteiger partial charge in [0.15, 0.2) is 11.6 Å². The lowest BCUT2D eigenvalue weighted by atomic mass is 10.3. The SMILES string of the molecule is C=C(C)C(O)Oc1ccc(S(=O)(=O)O)c(F)c1F. The lowest BCUT2D eigenvalue weighted by molar-refractivity contribution is 0.0116. The quantitative estimate of drug-likeness (QED) is 0.496. The van der Waals surface area contributed by atoms with Crippen molar-refractivity contribution in [1.29, 1.82) is 0 Å². The predicted molar refractivity (Wildman–Crippen MR) is 57.6 cm³/mol. The van der Waals surface area contributed by atoms with Gasteiger partial charge >= 0.3 is 0 Å². The molecule has 0 aliphatic heterocycles. The fraction of sp³-hybridized carbons (Fsp3) is 0.200. The molecule has 1 aromatic carbocycles. The summed E-state index contributed by atoms with van der Waals surface area (Å²) in [5, 5.41) is 9.25. The standard InChI is InChI=1S/C10H10F2O5S/c1-5(2)10(13)17-6-3-4-7(18(14,15)16)9(12)8(6)11/h3-4,10,13H,1H2,2H3,(H,14,15,16). The molecule has 0 spiro atoms. The first-order valence-corrected chi connectivity index (χ1v) is 6.04. The highest BCUT2D eigenvalue weighted by molar-refractivity contribution is 7.85. The zero-order valence-electron chi connectivity index (χ0n) is 9.22. The third kappa shape index (κ3) is 3.03. The number of hydrogen-bond acceptors (Lipinski definition) is 4. The molecule has 0 saturated heterocycles. The largest absolute Gasteiger partial charge is 0.458 e. The molecule has 0 heterocycles. The molecule has 0 bridgehead atoms. The van der Waals surface area contributed by atoms with Crippen molar-refractivity contribution in [3.05, 3.63) is 35.9 Å². The van der Waals surface area contributed by atoms with Gasteiger partial charge in [0.05, 0.1) is 0 Å². The molecular weight excluding hydrogens is 270 g/mol. The van der Waals surface area contributed by atoms with Gasteiger partial charge in [0, 0.05) is 0 Å². The van der Waals surface area contributed by atoms with Crippen molar-refractivity contribution in [2.75, 3.05) is 0 Å². The Kier molecular flexibility index (Phi) is 4.05. The smallest absolute Gasteiger partial charge is 0.297 e. The van der Waals surface area contributed by atoms with Gasteiger partial charge in [0.25, 0.3) is 10.1 Å². The summed E-state index contributed by atoms with van der Waals surface area (Å²) in [4.78, 5) is -1.21. The lowest BCUT2D eigenvalue weighted by Gasteiger charge is -2.14. The van der Waals surface area contributed by atoms with E-state index in [2.05, 4.69) is 11.3 Å². The molecule has 0 aromatic heterocycles. The Hall–Kier alpha value is -1.51. The van der Waals surface area contributed by atoms with Gasteiger partial charge in [-0.05, 0) is 24.6 Å². The van der Waals surface area contributed by atoms with Gasteiger partial charge in [-0.25, -0.2) is 4.39 Å². The maximum absolute atomic E-state index is 13.4. The molecular formula is C10H10F2O5S. The minimum atomic E-state index is -4.87. The summed E-state index contributed by atoms with van der Waals surface area (Å²) in [6, 6.07) is 1.39. The molecule has 18 heavy (non-hydrogen) atoms. The molecule has 0 aliphatic carbocycles. The van der Waals surface area contributed by atoms with Crippen LogP contribution in [0.15, 0.2) is 29.2 Å². The topological polar surface area (TPSA) is 83.8 Å². The fourth-order valence-electron chi connectivity index (χ4n) is 1.03. The highest BCUT2D eigenvalue weighted by Crippen LogP contribution is 2.26. The third-order valence-corrected chi connectivity index (χ3v) is 2.82. The van der Waals surface area contributed by atoms with Gasteiger partial charge in [-0.1, -0.05) is 6.58 Å². The highest BCUT2D eigenvalue weighted by Gasteiger charge is 2.23. The Morgan fingerprint density at radius 1 is 1.39 bits per heavy atom. The second kappa shape index (κ2) is 5.01. The normalized spacial score (nSPS) is 13.2. The summed E-state index contributed by atoms with van der Waals surface area (Å²) < 4.78 is 61.3. The van der Waals surface area contributed by atoms with E-state index in [1.165, 1.54) is 6.92 Å². The van der Waals surface area contributed by atoms with Gasteiger partial charge in [-0.3, -0.25) is 4.55 Å². The predicted octanol–water partition coefficient (Wildman–Crippen LogP) is 1.48. The molecule has 100 valence electrons. The minimum Gasteiger partial charge on any atom is -0.458 e. The van der Waals surface area contributed by atoms with Crippen molar-refractivity contribution in [3.8, 4) is 5.75 Å². The van der Waals surface area contributed by atoms with Crippen LogP contribution in [0.5, 0.6) is 5.75 Å². The van der Waals surface area contributed by atoms with Crippen LogP contribution in [0.25, 0.3) is 0 Å². The van der Waals surface area contributed by atoms with Crippen LogP contribution in [-0.4, -0.2) is 24.4 Å². The molecule has 5 nitrogen and oxygen atoms in total. The lowest BCUT2D eigenvalue weighted by Crippen LogP contribution is -2.17. The summed E-state index contributed by atoms with van der Waals surface area (Å²) in [6.07, 6.45) is -1.56. The van der Waals surface area contributed by atoms with Crippen molar-refractivity contribution in [1.82, 2.24) is 0 Å². The highest BCUT2D eigenvalue weighted by atomic mass is 32.2. The molecule has 1 unspecified atom stereocenters. The van der Waals surface area contributed by atoms with Crippen molar-refractivity contribution in [2.24, 2.45) is 0 Å². The zero-order valence-corrected chi connectivity index (χ0v) is 10.0. The summed E-state index contributed by atoms with van der Waals surface area (Å²) in [6.45, 7) is 4.73. The van der Waals surface area contributed by atoms with E-state index in [1.807, 2.05) is 0 Å². The summed E-state index contributed by atoms with van der Waals surface area (Å²) >= 11 is 0. The number of hydrogen-bond donors (Lipinski definition) is 2. The van der Waals surface area contributed by atoms with E-state index in [4.69, 9.17) is 4.55 Å². The number of ether oxygens (including phenoxy) is 1. The second-order valence-electron chi connectivity index (χ2n) is 3.48. The molecule has 1 aromatic rings. The van der Waals surface area contributed by atoms with E-state index in [0.717, 1.165) is 6.07 Å². The summed E-state index contributed by atoms with van der Waals surface area (Å²) in [5.41, 5.74) is 0.147. The first-order valence-electron chi connectivity index (χ1n) is 4.60. The number of halogens is 2.